The predicted octanol–water partition coefficient (Wildman–Crippen LogP) is 1.41. The van der Waals surface area contributed by atoms with E-state index in [1.54, 1.807) is 4.52 Å². The molecule has 2 aromatic rings. The second-order valence-electron chi connectivity index (χ2n) is 5.47. The van der Waals surface area contributed by atoms with Crippen LogP contribution in [0.5, 0.6) is 0 Å². The highest BCUT2D eigenvalue weighted by atomic mass is 79.9. The summed E-state index contributed by atoms with van der Waals surface area (Å²) in [5.41, 5.74) is 7.04. The van der Waals surface area contributed by atoms with Gasteiger partial charge in [0.25, 0.3) is 0 Å². The van der Waals surface area contributed by atoms with E-state index in [4.69, 9.17) is 10.5 Å². The first-order chi connectivity index (χ1) is 9.72. The summed E-state index contributed by atoms with van der Waals surface area (Å²) < 4.78 is 8.53. The third-order valence-electron chi connectivity index (χ3n) is 4.27. The Balaban J connectivity index is 1.55. The molecule has 2 fully saturated rings. The van der Waals surface area contributed by atoms with Gasteiger partial charge in [0.15, 0.2) is 5.65 Å². The number of anilines is 1. The molecule has 4 rings (SSSR count). The number of rotatable bonds is 2. The smallest absolute Gasteiger partial charge is 0.243 e. The SMILES string of the molecule is NC1C2CCCOC2C1Nc1nc2ccc(Br)cn2n1. The van der Waals surface area contributed by atoms with E-state index in [1.165, 1.54) is 0 Å². The zero-order valence-corrected chi connectivity index (χ0v) is 12.5. The van der Waals surface area contributed by atoms with Gasteiger partial charge < -0.3 is 15.8 Å². The zero-order chi connectivity index (χ0) is 13.7. The van der Waals surface area contributed by atoms with Gasteiger partial charge in [0, 0.05) is 29.2 Å². The molecule has 2 aromatic heterocycles. The number of nitrogens with zero attached hydrogens (tertiary/aromatic N) is 3. The van der Waals surface area contributed by atoms with Crippen LogP contribution < -0.4 is 11.1 Å². The average Bonchev–Trinajstić information content (AvgIpc) is 2.86. The Hall–Kier alpha value is -1.18. The predicted molar refractivity (Wildman–Crippen MR) is 78.5 cm³/mol. The number of hydrogen-bond acceptors (Lipinski definition) is 5. The standard InChI is InChI=1S/C13H16BrN5O/c14-7-3-4-9-16-13(18-19(9)6-7)17-11-10(15)8-2-1-5-20-12(8)11/h3-4,6,8,10-12H,1-2,5,15H2,(H,17,18). The summed E-state index contributed by atoms with van der Waals surface area (Å²) >= 11 is 3.42. The Morgan fingerprint density at radius 1 is 1.45 bits per heavy atom. The number of fused-ring (bicyclic) bond motifs is 2. The third-order valence-corrected chi connectivity index (χ3v) is 4.74. The van der Waals surface area contributed by atoms with Crippen molar-refractivity contribution < 1.29 is 4.74 Å². The topological polar surface area (TPSA) is 77.5 Å². The van der Waals surface area contributed by atoms with E-state index in [-0.39, 0.29) is 18.2 Å². The zero-order valence-electron chi connectivity index (χ0n) is 10.9. The summed E-state index contributed by atoms with van der Waals surface area (Å²) in [7, 11) is 0. The molecule has 1 saturated carbocycles. The molecule has 7 heteroatoms. The van der Waals surface area contributed by atoms with E-state index in [0.29, 0.717) is 11.9 Å². The molecule has 1 aliphatic carbocycles. The van der Waals surface area contributed by atoms with Crippen LogP contribution in [0.1, 0.15) is 12.8 Å². The molecule has 0 amide bonds. The monoisotopic (exact) mass is 337 g/mol. The molecule has 6 nitrogen and oxygen atoms in total. The summed E-state index contributed by atoms with van der Waals surface area (Å²) in [6, 6.07) is 4.10. The second-order valence-corrected chi connectivity index (χ2v) is 6.39. The van der Waals surface area contributed by atoms with Gasteiger partial charge in [0.05, 0.1) is 12.1 Å². The first-order valence-electron chi connectivity index (χ1n) is 6.88. The van der Waals surface area contributed by atoms with Crippen LogP contribution in [0.4, 0.5) is 5.95 Å². The largest absolute Gasteiger partial charge is 0.376 e. The number of nitrogens with one attached hydrogen (secondary N) is 1. The molecule has 0 spiro atoms. The van der Waals surface area contributed by atoms with Gasteiger partial charge in [-0.3, -0.25) is 0 Å². The van der Waals surface area contributed by atoms with Gasteiger partial charge in [0.1, 0.15) is 0 Å². The number of pyridine rings is 1. The van der Waals surface area contributed by atoms with Crippen LogP contribution in [0.3, 0.4) is 0 Å². The summed E-state index contributed by atoms with van der Waals surface area (Å²) in [6.07, 6.45) is 4.36. The maximum absolute atomic E-state index is 6.23. The molecule has 2 aliphatic rings. The van der Waals surface area contributed by atoms with Crippen LogP contribution >= 0.6 is 15.9 Å². The fourth-order valence-corrected chi connectivity index (χ4v) is 3.52. The van der Waals surface area contributed by atoms with Crippen LogP contribution in [0, 0.1) is 5.92 Å². The highest BCUT2D eigenvalue weighted by molar-refractivity contribution is 9.10. The Morgan fingerprint density at radius 2 is 2.35 bits per heavy atom. The van der Waals surface area contributed by atoms with Crippen molar-refractivity contribution in [2.24, 2.45) is 11.7 Å². The number of hydrogen-bond donors (Lipinski definition) is 2. The van der Waals surface area contributed by atoms with Crippen LogP contribution in [0.2, 0.25) is 0 Å². The minimum Gasteiger partial charge on any atom is -0.376 e. The summed E-state index contributed by atoms with van der Waals surface area (Å²) in [5, 5.41) is 7.75. The second kappa shape index (κ2) is 4.68. The van der Waals surface area contributed by atoms with Gasteiger partial charge in [-0.15, -0.1) is 5.10 Å². The van der Waals surface area contributed by atoms with E-state index in [9.17, 15) is 0 Å². The lowest BCUT2D eigenvalue weighted by Crippen LogP contribution is -2.69. The fraction of sp³-hybridized carbons (Fsp3) is 0.538. The van der Waals surface area contributed by atoms with Gasteiger partial charge in [-0.2, -0.15) is 4.98 Å². The molecule has 4 atom stereocenters. The molecular formula is C13H16BrN5O. The molecule has 3 N–H and O–H groups in total. The third kappa shape index (κ3) is 1.92. The van der Waals surface area contributed by atoms with Crippen LogP contribution in [0.25, 0.3) is 5.65 Å². The number of ether oxygens (including phenoxy) is 1. The summed E-state index contributed by atoms with van der Waals surface area (Å²) in [6.45, 7) is 0.831. The molecule has 0 radical (unpaired) electrons. The molecule has 106 valence electrons. The Kier molecular flexibility index (Phi) is 2.94. The lowest BCUT2D eigenvalue weighted by Gasteiger charge is -2.52. The highest BCUT2D eigenvalue weighted by Gasteiger charge is 2.50. The Labute approximate surface area is 124 Å². The first-order valence-corrected chi connectivity index (χ1v) is 7.67. The average molecular weight is 338 g/mol. The van der Waals surface area contributed by atoms with Gasteiger partial charge >= 0.3 is 0 Å². The fourth-order valence-electron chi connectivity index (χ4n) is 3.19. The van der Waals surface area contributed by atoms with Gasteiger partial charge in [-0.05, 0) is 40.9 Å². The van der Waals surface area contributed by atoms with Crippen molar-refractivity contribution in [3.63, 3.8) is 0 Å². The quantitative estimate of drug-likeness (QED) is 0.866. The van der Waals surface area contributed by atoms with Gasteiger partial charge in [0.2, 0.25) is 5.95 Å². The van der Waals surface area contributed by atoms with E-state index >= 15 is 0 Å². The van der Waals surface area contributed by atoms with E-state index in [0.717, 1.165) is 29.6 Å². The summed E-state index contributed by atoms with van der Waals surface area (Å²) in [4.78, 5) is 4.46. The van der Waals surface area contributed by atoms with Crippen LogP contribution in [0.15, 0.2) is 22.8 Å². The van der Waals surface area contributed by atoms with Crippen molar-refractivity contribution in [1.82, 2.24) is 14.6 Å². The molecule has 0 bridgehead atoms. The number of nitrogens with two attached hydrogens (primary N) is 1. The molecule has 4 unspecified atom stereocenters. The van der Waals surface area contributed by atoms with Crippen molar-refractivity contribution >= 4 is 27.5 Å². The number of halogens is 1. The lowest BCUT2D eigenvalue weighted by atomic mass is 9.69. The van der Waals surface area contributed by atoms with E-state index < -0.39 is 0 Å². The number of aromatic nitrogens is 3. The van der Waals surface area contributed by atoms with Gasteiger partial charge in [-0.1, -0.05) is 0 Å². The normalized spacial score (nSPS) is 32.7. The minimum absolute atomic E-state index is 0.112. The molecule has 1 aliphatic heterocycles. The van der Waals surface area contributed by atoms with Gasteiger partial charge in [-0.25, -0.2) is 4.52 Å². The molecule has 20 heavy (non-hydrogen) atoms. The van der Waals surface area contributed by atoms with Crippen molar-refractivity contribution in [1.29, 1.82) is 0 Å². The maximum atomic E-state index is 6.23. The van der Waals surface area contributed by atoms with Crippen molar-refractivity contribution in [3.8, 4) is 0 Å². The molecule has 0 aromatic carbocycles. The van der Waals surface area contributed by atoms with Crippen molar-refractivity contribution in [2.75, 3.05) is 11.9 Å². The maximum Gasteiger partial charge on any atom is 0.243 e. The lowest BCUT2D eigenvalue weighted by molar-refractivity contribution is -0.104. The first kappa shape index (κ1) is 12.6. The molecule has 1 saturated heterocycles. The molecule has 3 heterocycles. The van der Waals surface area contributed by atoms with Crippen LogP contribution in [-0.2, 0) is 4.74 Å². The molecular weight excluding hydrogens is 322 g/mol. The minimum atomic E-state index is 0.112. The van der Waals surface area contributed by atoms with Crippen LogP contribution in [-0.4, -0.2) is 39.4 Å². The Bertz CT molecular complexity index is 645. The summed E-state index contributed by atoms with van der Waals surface area (Å²) in [5.74, 6) is 1.09. The van der Waals surface area contributed by atoms with Crippen molar-refractivity contribution in [2.45, 2.75) is 31.0 Å². The van der Waals surface area contributed by atoms with E-state index in [2.05, 4.69) is 31.3 Å². The van der Waals surface area contributed by atoms with E-state index in [1.807, 2.05) is 18.3 Å². The highest BCUT2D eigenvalue weighted by Crippen LogP contribution is 2.38. The van der Waals surface area contributed by atoms with Crippen molar-refractivity contribution in [3.05, 3.63) is 22.8 Å². The Morgan fingerprint density at radius 3 is 3.25 bits per heavy atom.